The molecule has 3 N–H and O–H groups in total. The molecule has 7 nitrogen and oxygen atoms in total. The third kappa shape index (κ3) is 5.84. The Bertz CT molecular complexity index is 929. The van der Waals surface area contributed by atoms with Crippen LogP contribution in [0, 0.1) is 5.92 Å². The monoisotopic (exact) mass is 423 g/mol. The summed E-state index contributed by atoms with van der Waals surface area (Å²) in [5, 5.41) is 8.50. The van der Waals surface area contributed by atoms with E-state index in [9.17, 15) is 14.4 Å². The van der Waals surface area contributed by atoms with Gasteiger partial charge in [0.15, 0.2) is 0 Å². The third-order valence-corrected chi connectivity index (χ3v) is 5.34. The van der Waals surface area contributed by atoms with Gasteiger partial charge in [0.25, 0.3) is 5.91 Å². The topological polar surface area (TPSA) is 96.5 Å². The lowest BCUT2D eigenvalue weighted by Gasteiger charge is -2.25. The maximum atomic E-state index is 13.1. The summed E-state index contributed by atoms with van der Waals surface area (Å²) in [7, 11) is 0. The van der Waals surface area contributed by atoms with Gasteiger partial charge in [-0.15, -0.1) is 0 Å². The highest BCUT2D eigenvalue weighted by Crippen LogP contribution is 2.20. The van der Waals surface area contributed by atoms with Crippen LogP contribution in [0.1, 0.15) is 36.7 Å². The van der Waals surface area contributed by atoms with Crippen LogP contribution in [0.15, 0.2) is 54.6 Å². The normalized spacial score (nSPS) is 22.6. The van der Waals surface area contributed by atoms with E-state index >= 15 is 0 Å². The van der Waals surface area contributed by atoms with Crippen LogP contribution in [-0.4, -0.2) is 42.5 Å². The van der Waals surface area contributed by atoms with E-state index in [1.807, 2.05) is 44.2 Å². The van der Waals surface area contributed by atoms with E-state index in [0.29, 0.717) is 17.7 Å². The van der Waals surface area contributed by atoms with Gasteiger partial charge in [-0.25, -0.2) is 0 Å². The highest BCUT2D eigenvalue weighted by molar-refractivity contribution is 6.00. The van der Waals surface area contributed by atoms with E-state index in [1.54, 1.807) is 31.2 Å². The smallest absolute Gasteiger partial charge is 0.255 e. The summed E-state index contributed by atoms with van der Waals surface area (Å²) >= 11 is 0. The van der Waals surface area contributed by atoms with Crippen molar-refractivity contribution in [3.63, 3.8) is 0 Å². The zero-order valence-corrected chi connectivity index (χ0v) is 18.1. The van der Waals surface area contributed by atoms with Gasteiger partial charge in [-0.05, 0) is 30.5 Å². The molecule has 0 fully saturated rings. The van der Waals surface area contributed by atoms with Gasteiger partial charge in [0, 0.05) is 6.42 Å². The predicted octanol–water partition coefficient (Wildman–Crippen LogP) is 2.07. The Labute approximate surface area is 182 Å². The van der Waals surface area contributed by atoms with Gasteiger partial charge in [0.2, 0.25) is 11.8 Å². The summed E-state index contributed by atoms with van der Waals surface area (Å²) in [5.41, 5.74) is 1.24. The van der Waals surface area contributed by atoms with Gasteiger partial charge in [-0.2, -0.15) is 0 Å². The van der Waals surface area contributed by atoms with Crippen LogP contribution in [0.25, 0.3) is 0 Å². The lowest BCUT2D eigenvalue weighted by Crippen LogP contribution is -2.55. The molecule has 164 valence electrons. The summed E-state index contributed by atoms with van der Waals surface area (Å²) in [5.74, 6) is -0.611. The number of hydrogen-bond donors (Lipinski definition) is 3. The minimum Gasteiger partial charge on any atom is -0.491 e. The molecular formula is C24H29N3O4. The zero-order chi connectivity index (χ0) is 22.4. The summed E-state index contributed by atoms with van der Waals surface area (Å²) in [6, 6.07) is 14.4. The first-order valence-electron chi connectivity index (χ1n) is 10.5. The van der Waals surface area contributed by atoms with Gasteiger partial charge in [0.05, 0.1) is 11.6 Å². The lowest BCUT2D eigenvalue weighted by molar-refractivity contribution is -0.130. The fourth-order valence-corrected chi connectivity index (χ4v) is 3.34. The number of nitrogens with one attached hydrogen (secondary N) is 3. The number of carbonyl (C=O) groups is 3. The molecule has 2 aromatic rings. The SMILES string of the molecule is CC(C)[C@H]1COc2ccccc2C(=O)N[C@@H](Cc2ccccc2)C(=O)N[C@@H](C)C(=O)N1. The van der Waals surface area contributed by atoms with Crippen molar-refractivity contribution in [1.82, 2.24) is 16.0 Å². The molecule has 0 aliphatic carbocycles. The van der Waals surface area contributed by atoms with E-state index in [4.69, 9.17) is 4.74 Å². The number of fused-ring (bicyclic) bond motifs is 1. The van der Waals surface area contributed by atoms with Crippen LogP contribution < -0.4 is 20.7 Å². The first-order valence-corrected chi connectivity index (χ1v) is 10.5. The molecule has 0 radical (unpaired) electrons. The van der Waals surface area contributed by atoms with E-state index < -0.39 is 23.9 Å². The van der Waals surface area contributed by atoms with Crippen molar-refractivity contribution in [2.45, 2.75) is 45.3 Å². The molecule has 0 spiro atoms. The van der Waals surface area contributed by atoms with Crippen molar-refractivity contribution in [3.05, 3.63) is 65.7 Å². The van der Waals surface area contributed by atoms with Crippen LogP contribution >= 0.6 is 0 Å². The number of ether oxygens (including phenoxy) is 1. The Kier molecular flexibility index (Phi) is 7.28. The van der Waals surface area contributed by atoms with E-state index in [-0.39, 0.29) is 24.5 Å². The zero-order valence-electron chi connectivity index (χ0n) is 18.1. The molecule has 0 saturated heterocycles. The van der Waals surface area contributed by atoms with Gasteiger partial charge in [-0.1, -0.05) is 56.3 Å². The minimum absolute atomic E-state index is 0.101. The number of rotatable bonds is 3. The quantitative estimate of drug-likeness (QED) is 0.704. The minimum atomic E-state index is -0.847. The first-order chi connectivity index (χ1) is 14.8. The largest absolute Gasteiger partial charge is 0.491 e. The van der Waals surface area contributed by atoms with Crippen LogP contribution in [-0.2, 0) is 16.0 Å². The standard InChI is InChI=1S/C24H29N3O4/c1-15(2)20-14-31-21-12-8-7-11-18(21)23(29)26-19(13-17-9-5-4-6-10-17)24(30)25-16(3)22(28)27-20/h4-12,15-16,19-20H,13-14H2,1-3H3,(H,25,30)(H,26,29)(H,27,28)/t16-,19-,20+/m0/s1. The van der Waals surface area contributed by atoms with Crippen molar-refractivity contribution < 1.29 is 19.1 Å². The maximum Gasteiger partial charge on any atom is 0.255 e. The predicted molar refractivity (Wildman–Crippen MR) is 118 cm³/mol. The number of carbonyl (C=O) groups excluding carboxylic acids is 3. The summed E-state index contributed by atoms with van der Waals surface area (Å²) < 4.78 is 5.93. The number of amides is 3. The fourth-order valence-electron chi connectivity index (χ4n) is 3.34. The molecule has 3 rings (SSSR count). The van der Waals surface area contributed by atoms with Crippen molar-refractivity contribution >= 4 is 17.7 Å². The van der Waals surface area contributed by atoms with Gasteiger partial charge >= 0.3 is 0 Å². The summed E-state index contributed by atoms with van der Waals surface area (Å²) in [4.78, 5) is 38.8. The molecule has 1 heterocycles. The second-order valence-corrected chi connectivity index (χ2v) is 8.11. The summed E-state index contributed by atoms with van der Waals surface area (Å²) in [6.07, 6.45) is 0.296. The van der Waals surface area contributed by atoms with Crippen LogP contribution in [0.3, 0.4) is 0 Å². The molecule has 7 heteroatoms. The molecule has 0 unspecified atom stereocenters. The molecule has 3 amide bonds. The Morgan fingerprint density at radius 3 is 2.29 bits per heavy atom. The molecule has 0 bridgehead atoms. The second-order valence-electron chi connectivity index (χ2n) is 8.11. The lowest BCUT2D eigenvalue weighted by atomic mass is 10.0. The highest BCUT2D eigenvalue weighted by Gasteiger charge is 2.28. The highest BCUT2D eigenvalue weighted by atomic mass is 16.5. The Morgan fingerprint density at radius 1 is 0.903 bits per heavy atom. The second kappa shape index (κ2) is 10.1. The molecule has 3 atom stereocenters. The van der Waals surface area contributed by atoms with E-state index in [1.165, 1.54) is 0 Å². The van der Waals surface area contributed by atoms with E-state index in [0.717, 1.165) is 5.56 Å². The van der Waals surface area contributed by atoms with Gasteiger partial charge in [0.1, 0.15) is 24.4 Å². The van der Waals surface area contributed by atoms with Crippen molar-refractivity contribution in [3.8, 4) is 5.75 Å². The third-order valence-electron chi connectivity index (χ3n) is 5.34. The average Bonchev–Trinajstić information content (AvgIpc) is 2.76. The Hall–Kier alpha value is -3.35. The average molecular weight is 424 g/mol. The first kappa shape index (κ1) is 22.3. The Balaban J connectivity index is 1.94. The maximum absolute atomic E-state index is 13.1. The van der Waals surface area contributed by atoms with Crippen LogP contribution in [0.2, 0.25) is 0 Å². The van der Waals surface area contributed by atoms with Crippen LogP contribution in [0.5, 0.6) is 5.75 Å². The molecule has 0 saturated carbocycles. The molecule has 1 aliphatic rings. The molecule has 1 aliphatic heterocycles. The van der Waals surface area contributed by atoms with E-state index in [2.05, 4.69) is 16.0 Å². The molecule has 31 heavy (non-hydrogen) atoms. The number of para-hydroxylation sites is 1. The Morgan fingerprint density at radius 2 is 1.58 bits per heavy atom. The molecular weight excluding hydrogens is 394 g/mol. The van der Waals surface area contributed by atoms with Crippen molar-refractivity contribution in [2.75, 3.05) is 6.61 Å². The fraction of sp³-hybridized carbons (Fsp3) is 0.375. The van der Waals surface area contributed by atoms with Gasteiger partial charge < -0.3 is 20.7 Å². The molecule has 2 aromatic carbocycles. The van der Waals surface area contributed by atoms with Gasteiger partial charge in [-0.3, -0.25) is 14.4 Å². The number of benzene rings is 2. The molecule has 0 aromatic heterocycles. The van der Waals surface area contributed by atoms with Crippen molar-refractivity contribution in [1.29, 1.82) is 0 Å². The van der Waals surface area contributed by atoms with Crippen molar-refractivity contribution in [2.24, 2.45) is 5.92 Å². The van der Waals surface area contributed by atoms with Crippen LogP contribution in [0.4, 0.5) is 0 Å². The summed E-state index contributed by atoms with van der Waals surface area (Å²) in [6.45, 7) is 5.79. The number of hydrogen-bond acceptors (Lipinski definition) is 4.